The fourth-order valence-corrected chi connectivity index (χ4v) is 8.99. The molecule has 0 amide bonds. The fraction of sp³-hybridized carbons (Fsp3) is 1.00. The summed E-state index contributed by atoms with van der Waals surface area (Å²) >= 11 is 0. The number of hydrogen-bond acceptors (Lipinski definition) is 4. The van der Waals surface area contributed by atoms with Crippen molar-refractivity contribution in [2.75, 3.05) is 52.4 Å². The highest BCUT2D eigenvalue weighted by atomic mass is 15.2. The van der Waals surface area contributed by atoms with Crippen LogP contribution in [0.5, 0.6) is 0 Å². The van der Waals surface area contributed by atoms with Gasteiger partial charge >= 0.3 is 0 Å². The Morgan fingerprint density at radius 3 is 1.26 bits per heavy atom. The molecule has 0 unspecified atom stereocenters. The van der Waals surface area contributed by atoms with Crippen molar-refractivity contribution in [2.24, 2.45) is 28.6 Å². The van der Waals surface area contributed by atoms with Crippen LogP contribution in [0.2, 0.25) is 0 Å². The van der Waals surface area contributed by atoms with Crippen molar-refractivity contribution in [1.82, 2.24) is 19.6 Å². The Morgan fingerprint density at radius 2 is 0.953 bits per heavy atom. The lowest BCUT2D eigenvalue weighted by atomic mass is 9.77. The molecule has 0 aromatic heterocycles. The van der Waals surface area contributed by atoms with E-state index in [4.69, 9.17) is 0 Å². The summed E-state index contributed by atoms with van der Waals surface area (Å²) in [5.74, 6) is 2.88. The predicted octanol–water partition coefficient (Wildman–Crippen LogP) is 9.04. The maximum atomic E-state index is 2.79. The van der Waals surface area contributed by atoms with Crippen LogP contribution in [-0.4, -0.2) is 96.1 Å². The maximum Gasteiger partial charge on any atom is 0.00953 e. The minimum atomic E-state index is 0.576. The van der Waals surface area contributed by atoms with Crippen molar-refractivity contribution in [1.29, 1.82) is 0 Å². The molecule has 4 heteroatoms. The molecule has 0 N–H and O–H groups in total. The lowest BCUT2D eigenvalue weighted by Gasteiger charge is -2.51. The van der Waals surface area contributed by atoms with Crippen molar-refractivity contribution in [3.63, 3.8) is 0 Å². The van der Waals surface area contributed by atoms with Crippen LogP contribution in [0, 0.1) is 28.6 Å². The van der Waals surface area contributed by atoms with Crippen LogP contribution in [-0.2, 0) is 0 Å². The molecule has 4 fully saturated rings. The third-order valence-corrected chi connectivity index (χ3v) is 12.7. The van der Waals surface area contributed by atoms with Gasteiger partial charge in [-0.1, -0.05) is 54.9 Å². The molecule has 4 nitrogen and oxygen atoms in total. The maximum absolute atomic E-state index is 2.79. The summed E-state index contributed by atoms with van der Waals surface area (Å²) in [6.07, 6.45) is 15.8. The first-order valence-corrected chi connectivity index (χ1v) is 19.3. The van der Waals surface area contributed by atoms with E-state index in [1.165, 1.54) is 123 Å². The van der Waals surface area contributed by atoms with Crippen LogP contribution < -0.4 is 0 Å². The number of hydrogen-bond donors (Lipinski definition) is 0. The highest BCUT2D eigenvalue weighted by Crippen LogP contribution is 2.38. The van der Waals surface area contributed by atoms with Gasteiger partial charge in [0.25, 0.3) is 0 Å². The van der Waals surface area contributed by atoms with Gasteiger partial charge in [-0.05, 0) is 147 Å². The summed E-state index contributed by atoms with van der Waals surface area (Å²) in [6, 6.07) is 3.19. The van der Waals surface area contributed by atoms with Crippen LogP contribution >= 0.6 is 0 Å². The second kappa shape index (κ2) is 17.1. The van der Waals surface area contributed by atoms with Crippen LogP contribution in [0.15, 0.2) is 0 Å². The molecule has 0 bridgehead atoms. The van der Waals surface area contributed by atoms with E-state index in [0.717, 1.165) is 41.9 Å². The summed E-state index contributed by atoms with van der Waals surface area (Å²) in [5.41, 5.74) is 1.16. The highest BCUT2D eigenvalue weighted by molar-refractivity contribution is 4.95. The second-order valence-electron chi connectivity index (χ2n) is 17.3. The van der Waals surface area contributed by atoms with Crippen LogP contribution in [0.3, 0.4) is 0 Å². The van der Waals surface area contributed by atoms with Gasteiger partial charge in [0.05, 0.1) is 0 Å². The van der Waals surface area contributed by atoms with Gasteiger partial charge in [0.2, 0.25) is 0 Å². The first-order valence-electron chi connectivity index (χ1n) is 19.3. The monoisotopic (exact) mass is 603 g/mol. The average Bonchev–Trinajstić information content (AvgIpc) is 2.95. The number of rotatable bonds is 14. The van der Waals surface area contributed by atoms with Gasteiger partial charge in [-0.2, -0.15) is 0 Å². The van der Waals surface area contributed by atoms with Crippen molar-refractivity contribution < 1.29 is 0 Å². The molecule has 4 aliphatic rings. The predicted molar refractivity (Wildman–Crippen MR) is 190 cm³/mol. The van der Waals surface area contributed by atoms with E-state index in [9.17, 15) is 0 Å². The molecule has 0 atom stereocenters. The van der Waals surface area contributed by atoms with Gasteiger partial charge in [0.1, 0.15) is 0 Å². The fourth-order valence-electron chi connectivity index (χ4n) is 8.99. The van der Waals surface area contributed by atoms with Gasteiger partial charge in [-0.15, -0.1) is 0 Å². The van der Waals surface area contributed by atoms with E-state index < -0.39 is 0 Å². The average molecular weight is 603 g/mol. The third-order valence-electron chi connectivity index (χ3n) is 12.7. The molecule has 2 aliphatic carbocycles. The summed E-state index contributed by atoms with van der Waals surface area (Å²) < 4.78 is 0. The summed E-state index contributed by atoms with van der Waals surface area (Å²) in [4.78, 5) is 10.8. The topological polar surface area (TPSA) is 13.0 Å². The quantitative estimate of drug-likeness (QED) is 0.197. The Kier molecular flexibility index (Phi) is 14.9. The van der Waals surface area contributed by atoms with Crippen LogP contribution in [0.4, 0.5) is 0 Å². The second-order valence-corrected chi connectivity index (χ2v) is 17.3. The molecule has 2 heterocycles. The molecule has 0 aromatic rings. The van der Waals surface area contributed by atoms with Gasteiger partial charge in [0.15, 0.2) is 0 Å². The molecular weight excluding hydrogens is 524 g/mol. The Balaban J connectivity index is 0.000000236. The van der Waals surface area contributed by atoms with Crippen LogP contribution in [0.1, 0.15) is 147 Å². The zero-order valence-electron chi connectivity index (χ0n) is 31.3. The molecule has 2 saturated carbocycles. The lowest BCUT2D eigenvalue weighted by Crippen LogP contribution is -2.58. The van der Waals surface area contributed by atoms with Gasteiger partial charge in [-0.3, -0.25) is 9.80 Å². The van der Waals surface area contributed by atoms with Crippen LogP contribution in [0.25, 0.3) is 0 Å². The van der Waals surface area contributed by atoms with Crippen molar-refractivity contribution in [2.45, 2.75) is 171 Å². The van der Waals surface area contributed by atoms with E-state index in [1.54, 1.807) is 0 Å². The summed E-state index contributed by atoms with van der Waals surface area (Å²) in [6.45, 7) is 36.5. The molecular formula is C39H78N4. The Bertz CT molecular complexity index is 749. The van der Waals surface area contributed by atoms with Gasteiger partial charge in [0, 0.05) is 50.3 Å². The number of likely N-dealkylation sites (tertiary alicyclic amines) is 2. The van der Waals surface area contributed by atoms with Gasteiger partial charge in [-0.25, -0.2) is 0 Å². The minimum absolute atomic E-state index is 0.576. The lowest BCUT2D eigenvalue weighted by molar-refractivity contribution is -0.0235. The molecule has 2 aliphatic heterocycles. The highest BCUT2D eigenvalue weighted by Gasteiger charge is 2.41. The molecule has 4 rings (SSSR count). The third kappa shape index (κ3) is 11.0. The zero-order valence-corrected chi connectivity index (χ0v) is 31.3. The number of nitrogens with zero attached hydrogens (tertiary/aromatic N) is 4. The first-order chi connectivity index (χ1) is 20.3. The largest absolute Gasteiger partial charge is 0.301 e. The van der Waals surface area contributed by atoms with Crippen molar-refractivity contribution >= 4 is 0 Å². The molecule has 0 radical (unpaired) electrons. The Labute approximate surface area is 271 Å². The van der Waals surface area contributed by atoms with Gasteiger partial charge < -0.3 is 9.80 Å². The van der Waals surface area contributed by atoms with E-state index in [2.05, 4.69) is 95.8 Å². The smallest absolute Gasteiger partial charge is 0.00953 e. The summed E-state index contributed by atoms with van der Waals surface area (Å²) in [7, 11) is 0. The molecule has 43 heavy (non-hydrogen) atoms. The van der Waals surface area contributed by atoms with Crippen molar-refractivity contribution in [3.8, 4) is 0 Å². The van der Waals surface area contributed by atoms with E-state index >= 15 is 0 Å². The molecule has 0 aromatic carbocycles. The normalized spacial score (nSPS) is 29.6. The SMILES string of the molecule is CCC1CCC(N(CC)CCC2(C)CN(C(C)C)C2)CC1.CCN(CCC1(C)CN(C(C)C)C1)C1CCC(C(C)C)CC1. The Morgan fingerprint density at radius 1 is 0.581 bits per heavy atom. The van der Waals surface area contributed by atoms with E-state index in [1.807, 2.05) is 0 Å². The summed E-state index contributed by atoms with van der Waals surface area (Å²) in [5, 5.41) is 0. The van der Waals surface area contributed by atoms with Crippen molar-refractivity contribution in [3.05, 3.63) is 0 Å². The molecule has 254 valence electrons. The molecule has 2 saturated heterocycles. The zero-order chi connectivity index (χ0) is 31.8. The first kappa shape index (κ1) is 37.3. The molecule has 0 spiro atoms. The Hall–Kier alpha value is -0.160. The standard InChI is InChI=1S/C20H40N2.C19H38N2/c1-7-21(19-10-8-18(9-11-19)16(2)3)13-12-20(6)14-22(15-20)17(4)5;1-6-17-8-10-18(11-9-17)20(7-2)13-12-19(5)14-21(15-19)16(3)4/h16-19H,7-15H2,1-6H3;16-18H,6-15H2,1-5H3. The minimum Gasteiger partial charge on any atom is -0.301 e. The van der Waals surface area contributed by atoms with E-state index in [0.29, 0.717) is 10.8 Å². The van der Waals surface area contributed by atoms with E-state index in [-0.39, 0.29) is 0 Å².